The number of benzene rings is 2. The van der Waals surface area contributed by atoms with E-state index in [0.717, 1.165) is 0 Å². The average molecular weight is 382 g/mol. The average Bonchev–Trinajstić information content (AvgIpc) is 2.71. The fourth-order valence-electron chi connectivity index (χ4n) is 2.15. The van der Waals surface area contributed by atoms with Crippen LogP contribution in [-0.4, -0.2) is 48.8 Å². The second-order valence-corrected chi connectivity index (χ2v) is 5.47. The molecule has 0 saturated heterocycles. The van der Waals surface area contributed by atoms with E-state index in [-0.39, 0.29) is 28.4 Å². The molecule has 0 radical (unpaired) electrons. The number of ether oxygens (including phenoxy) is 2. The maximum Gasteiger partial charge on any atom is 0.341 e. The van der Waals surface area contributed by atoms with Gasteiger partial charge in [0.05, 0.1) is 14.2 Å². The number of hydrogen-bond acceptors (Lipinski definition) is 8. The summed E-state index contributed by atoms with van der Waals surface area (Å²) in [4.78, 5) is 31.3. The molecule has 0 unspecified atom stereocenters. The smallest absolute Gasteiger partial charge is 0.341 e. The van der Waals surface area contributed by atoms with Gasteiger partial charge in [-0.3, -0.25) is 0 Å². The summed E-state index contributed by atoms with van der Waals surface area (Å²) in [6, 6.07) is 8.67. The molecule has 2 aromatic rings. The van der Waals surface area contributed by atoms with Gasteiger partial charge in [-0.25, -0.2) is 19.6 Å². The lowest BCUT2D eigenvalue weighted by Gasteiger charge is -2.03. The summed E-state index contributed by atoms with van der Waals surface area (Å²) in [5, 5.41) is 19.4. The first kappa shape index (κ1) is 20.4. The van der Waals surface area contributed by atoms with E-state index in [1.165, 1.54) is 50.9 Å². The molecule has 0 spiro atoms. The van der Waals surface area contributed by atoms with Gasteiger partial charge in [0.2, 0.25) is 0 Å². The monoisotopic (exact) mass is 382 g/mol. The van der Waals surface area contributed by atoms with Crippen molar-refractivity contribution in [2.24, 2.45) is 9.98 Å². The minimum atomic E-state index is -0.668. The van der Waals surface area contributed by atoms with Crippen LogP contribution in [0, 0.1) is 0 Å². The van der Waals surface area contributed by atoms with Gasteiger partial charge in [0.1, 0.15) is 28.4 Å². The second kappa shape index (κ2) is 9.13. The summed E-state index contributed by atoms with van der Waals surface area (Å²) in [5.74, 6) is -1.58. The SMILES string of the molecule is C=C(/N=C/c1ccc(O)c(C(=O)OC)c1)/N=C/c1ccc(O)c(C(=O)OC)c1. The number of phenols is 2. The predicted molar refractivity (Wildman–Crippen MR) is 103 cm³/mol. The first-order valence-electron chi connectivity index (χ1n) is 7.95. The normalized spacial score (nSPS) is 10.9. The molecule has 0 aromatic heterocycles. The lowest BCUT2D eigenvalue weighted by molar-refractivity contribution is 0.0588. The third kappa shape index (κ3) is 5.04. The van der Waals surface area contributed by atoms with Crippen molar-refractivity contribution in [1.82, 2.24) is 0 Å². The van der Waals surface area contributed by atoms with Crippen molar-refractivity contribution in [3.63, 3.8) is 0 Å². The molecule has 0 atom stereocenters. The molecule has 0 aliphatic heterocycles. The zero-order chi connectivity index (χ0) is 20.7. The molecule has 0 aliphatic carbocycles. The number of rotatable bonds is 6. The van der Waals surface area contributed by atoms with Crippen LogP contribution in [0.15, 0.2) is 58.8 Å². The Hall–Kier alpha value is -3.94. The van der Waals surface area contributed by atoms with Crippen LogP contribution in [0.1, 0.15) is 31.8 Å². The number of phenolic OH excluding ortho intramolecular Hbond substituents is 2. The van der Waals surface area contributed by atoms with E-state index in [0.29, 0.717) is 11.1 Å². The summed E-state index contributed by atoms with van der Waals surface area (Å²) in [7, 11) is 2.43. The highest BCUT2D eigenvalue weighted by Crippen LogP contribution is 2.20. The minimum absolute atomic E-state index is 0.0139. The molecule has 8 nitrogen and oxygen atoms in total. The Balaban J connectivity index is 2.14. The van der Waals surface area contributed by atoms with E-state index in [1.54, 1.807) is 12.1 Å². The quantitative estimate of drug-likeness (QED) is 0.586. The van der Waals surface area contributed by atoms with Crippen LogP contribution in [0.5, 0.6) is 11.5 Å². The van der Waals surface area contributed by atoms with Gasteiger partial charge in [-0.2, -0.15) is 0 Å². The van der Waals surface area contributed by atoms with Crippen molar-refractivity contribution < 1.29 is 29.3 Å². The van der Waals surface area contributed by atoms with Crippen LogP contribution in [0.2, 0.25) is 0 Å². The Kier molecular flexibility index (Phi) is 6.64. The van der Waals surface area contributed by atoms with Crippen molar-refractivity contribution in [1.29, 1.82) is 0 Å². The molecule has 0 aliphatic rings. The van der Waals surface area contributed by atoms with Crippen LogP contribution in [0.25, 0.3) is 0 Å². The summed E-state index contributed by atoms with van der Waals surface area (Å²) in [5.41, 5.74) is 1.10. The zero-order valence-electron chi connectivity index (χ0n) is 15.2. The molecule has 2 rings (SSSR count). The number of esters is 2. The van der Waals surface area contributed by atoms with Crippen molar-refractivity contribution >= 4 is 24.4 Å². The van der Waals surface area contributed by atoms with Crippen LogP contribution < -0.4 is 0 Å². The van der Waals surface area contributed by atoms with E-state index >= 15 is 0 Å². The molecule has 28 heavy (non-hydrogen) atoms. The molecule has 2 N–H and O–H groups in total. The predicted octanol–water partition coefficient (Wildman–Crippen LogP) is 2.68. The van der Waals surface area contributed by atoms with Gasteiger partial charge in [-0.1, -0.05) is 6.58 Å². The number of methoxy groups -OCH3 is 2. The topological polar surface area (TPSA) is 118 Å². The van der Waals surface area contributed by atoms with E-state index < -0.39 is 11.9 Å². The number of carbonyl (C=O) groups excluding carboxylic acids is 2. The lowest BCUT2D eigenvalue weighted by atomic mass is 10.1. The Bertz CT molecular complexity index is 901. The molecule has 2 aromatic carbocycles. The van der Waals surface area contributed by atoms with Crippen molar-refractivity contribution in [2.75, 3.05) is 14.2 Å². The molecule has 0 amide bonds. The summed E-state index contributed by atoms with van der Waals surface area (Å²) >= 11 is 0. The van der Waals surface area contributed by atoms with Crippen LogP contribution in [0.4, 0.5) is 0 Å². The Morgan fingerprint density at radius 2 is 1.25 bits per heavy atom. The molecular formula is C20H18N2O6. The van der Waals surface area contributed by atoms with Gasteiger partial charge in [0.25, 0.3) is 0 Å². The third-order valence-electron chi connectivity index (χ3n) is 3.58. The number of aromatic hydroxyl groups is 2. The Morgan fingerprint density at radius 3 is 1.61 bits per heavy atom. The maximum absolute atomic E-state index is 11.6. The number of hydrogen-bond donors (Lipinski definition) is 2. The third-order valence-corrected chi connectivity index (χ3v) is 3.58. The van der Waals surface area contributed by atoms with Gasteiger partial charge in [0.15, 0.2) is 0 Å². The molecular weight excluding hydrogens is 364 g/mol. The van der Waals surface area contributed by atoms with Gasteiger partial charge in [-0.05, 0) is 47.5 Å². The molecule has 0 fully saturated rings. The number of aliphatic imine (C=N–C) groups is 2. The lowest BCUT2D eigenvalue weighted by Crippen LogP contribution is -2.02. The van der Waals surface area contributed by atoms with Crippen LogP contribution in [0.3, 0.4) is 0 Å². The first-order chi connectivity index (χ1) is 13.3. The first-order valence-corrected chi connectivity index (χ1v) is 7.95. The van der Waals surface area contributed by atoms with Gasteiger partial charge >= 0.3 is 11.9 Å². The highest BCUT2D eigenvalue weighted by atomic mass is 16.5. The summed E-state index contributed by atoms with van der Waals surface area (Å²) in [6.45, 7) is 3.69. The Labute approximate surface area is 161 Å². The van der Waals surface area contributed by atoms with E-state index in [9.17, 15) is 19.8 Å². The molecule has 0 heterocycles. The summed E-state index contributed by atoms with van der Waals surface area (Å²) in [6.07, 6.45) is 2.84. The van der Waals surface area contributed by atoms with E-state index in [4.69, 9.17) is 0 Å². The van der Waals surface area contributed by atoms with Gasteiger partial charge < -0.3 is 19.7 Å². The molecule has 0 bridgehead atoms. The van der Waals surface area contributed by atoms with Gasteiger partial charge in [-0.15, -0.1) is 0 Å². The number of nitrogens with zero attached hydrogens (tertiary/aromatic N) is 2. The fraction of sp³-hybridized carbons (Fsp3) is 0.100. The Morgan fingerprint density at radius 1 is 0.857 bits per heavy atom. The molecule has 0 saturated carbocycles. The highest BCUT2D eigenvalue weighted by Gasteiger charge is 2.12. The minimum Gasteiger partial charge on any atom is -0.507 e. The largest absolute Gasteiger partial charge is 0.507 e. The second-order valence-electron chi connectivity index (χ2n) is 5.47. The standard InChI is InChI=1S/C20H18N2O6/c1-12(21-10-13-4-6-17(23)15(8-13)19(25)27-2)22-11-14-5-7-18(24)16(9-14)20(26)28-3/h4-11,23-24H,1H2,2-3H3/b21-10+,22-11+. The zero-order valence-corrected chi connectivity index (χ0v) is 15.2. The van der Waals surface area contributed by atoms with E-state index in [2.05, 4.69) is 26.0 Å². The fourth-order valence-corrected chi connectivity index (χ4v) is 2.15. The van der Waals surface area contributed by atoms with Crippen molar-refractivity contribution in [2.45, 2.75) is 0 Å². The van der Waals surface area contributed by atoms with Crippen LogP contribution in [-0.2, 0) is 9.47 Å². The van der Waals surface area contributed by atoms with E-state index in [1.807, 2.05) is 0 Å². The van der Waals surface area contributed by atoms with Crippen LogP contribution >= 0.6 is 0 Å². The van der Waals surface area contributed by atoms with Crippen molar-refractivity contribution in [3.8, 4) is 11.5 Å². The van der Waals surface area contributed by atoms with Gasteiger partial charge in [0, 0.05) is 12.4 Å². The molecule has 144 valence electrons. The van der Waals surface area contributed by atoms with Crippen molar-refractivity contribution in [3.05, 3.63) is 71.1 Å². The maximum atomic E-state index is 11.6. The highest BCUT2D eigenvalue weighted by molar-refractivity contribution is 5.96. The molecule has 8 heteroatoms. The number of carbonyl (C=O) groups is 2. The summed E-state index contributed by atoms with van der Waals surface area (Å²) < 4.78 is 9.19.